The van der Waals surface area contributed by atoms with Crippen molar-refractivity contribution in [3.05, 3.63) is 166 Å². The van der Waals surface area contributed by atoms with Crippen LogP contribution in [0.1, 0.15) is 32.7 Å². The molecule has 45 heavy (non-hydrogen) atoms. The summed E-state index contributed by atoms with van der Waals surface area (Å²) < 4.78 is 12.7. The molecule has 0 bridgehead atoms. The van der Waals surface area contributed by atoms with Gasteiger partial charge in [0.15, 0.2) is 11.4 Å². The molecule has 0 N–H and O–H groups in total. The number of hydrogen-bond donors (Lipinski definition) is 0. The van der Waals surface area contributed by atoms with Gasteiger partial charge in [0.25, 0.3) is 0 Å². The van der Waals surface area contributed by atoms with Crippen LogP contribution in [0.4, 0.5) is 0 Å². The number of rotatable bonds is 10. The first-order valence-corrected chi connectivity index (χ1v) is 16.3. The highest BCUT2D eigenvalue weighted by Gasteiger charge is 2.39. The van der Waals surface area contributed by atoms with Crippen LogP contribution in [0.3, 0.4) is 0 Å². The molecule has 2 heterocycles. The number of carbonyl (C=O) groups is 1. The number of ketones is 1. The number of Topliss-reactive ketones (excluding diaryl/α,β-unsaturated/α-hetero) is 1. The highest BCUT2D eigenvalue weighted by Crippen LogP contribution is 2.42. The quantitative estimate of drug-likeness (QED) is 0.0885. The first-order chi connectivity index (χ1) is 22.1. The number of carbonyl (C=O) groups excluding carboxylic acids is 1. The van der Waals surface area contributed by atoms with Crippen LogP contribution in [0.2, 0.25) is 5.02 Å². The third-order valence-electron chi connectivity index (χ3n) is 7.72. The zero-order valence-corrected chi connectivity index (χ0v) is 26.4. The Kier molecular flexibility index (Phi) is 9.60. The topological polar surface area (TPSA) is 64.5 Å². The Balaban J connectivity index is 1.51. The third kappa shape index (κ3) is 6.52. The number of hydrogen-bond acceptors (Lipinski definition) is 7. The number of thioether (sulfide) groups is 1. The van der Waals surface area contributed by atoms with E-state index in [0.29, 0.717) is 53.9 Å². The summed E-state index contributed by atoms with van der Waals surface area (Å²) in [6.07, 6.45) is 5.08. The van der Waals surface area contributed by atoms with E-state index < -0.39 is 5.60 Å². The number of benzene rings is 4. The van der Waals surface area contributed by atoms with Crippen LogP contribution in [-0.2, 0) is 10.3 Å². The molecule has 226 valence electrons. The van der Waals surface area contributed by atoms with Crippen molar-refractivity contribution in [2.75, 3.05) is 32.6 Å². The summed E-state index contributed by atoms with van der Waals surface area (Å²) in [7, 11) is 0. The molecular weight excluding hydrogens is 602 g/mol. The molecule has 1 aliphatic rings. The van der Waals surface area contributed by atoms with Gasteiger partial charge in [-0.3, -0.25) is 4.79 Å². The molecular formula is C37H32ClN3O3S. The molecule has 1 aromatic heterocycles. The van der Waals surface area contributed by atoms with Crippen molar-refractivity contribution in [2.45, 2.75) is 5.60 Å². The van der Waals surface area contributed by atoms with Crippen molar-refractivity contribution < 1.29 is 14.3 Å². The van der Waals surface area contributed by atoms with Crippen LogP contribution in [0, 0.1) is 0 Å². The first kappa shape index (κ1) is 30.6. The van der Waals surface area contributed by atoms with Crippen LogP contribution in [-0.4, -0.2) is 53.2 Å². The minimum absolute atomic E-state index is 0.207. The fourth-order valence-corrected chi connectivity index (χ4v) is 6.75. The molecule has 8 heteroatoms. The molecule has 6 nitrogen and oxygen atoms in total. The van der Waals surface area contributed by atoms with Gasteiger partial charge in [-0.15, -0.1) is 11.8 Å². The molecule has 5 aromatic rings. The van der Waals surface area contributed by atoms with E-state index in [1.54, 1.807) is 30.5 Å². The molecule has 4 aromatic carbocycles. The number of allylic oxidation sites excluding steroid dienone is 1. The number of ether oxygens (including phenoxy) is 2. The predicted octanol–water partition coefficient (Wildman–Crippen LogP) is 7.75. The number of nitrogens with zero attached hydrogens (tertiary/aromatic N) is 3. The molecule has 0 aliphatic carbocycles. The fourth-order valence-electron chi connectivity index (χ4n) is 5.69. The third-order valence-corrected chi connectivity index (χ3v) is 8.78. The van der Waals surface area contributed by atoms with E-state index in [-0.39, 0.29) is 5.78 Å². The molecule has 0 radical (unpaired) electrons. The van der Waals surface area contributed by atoms with Crippen LogP contribution in [0.25, 0.3) is 5.57 Å². The number of aromatic nitrogens is 2. The molecule has 6 rings (SSSR count). The summed E-state index contributed by atoms with van der Waals surface area (Å²) in [6.45, 7) is 2.53. The zero-order valence-electron chi connectivity index (χ0n) is 24.8. The molecule has 1 aliphatic heterocycles. The van der Waals surface area contributed by atoms with Gasteiger partial charge in [0.2, 0.25) is 0 Å². The lowest BCUT2D eigenvalue weighted by Gasteiger charge is -2.36. The van der Waals surface area contributed by atoms with Crippen LogP contribution in [0.5, 0.6) is 5.75 Å². The maximum absolute atomic E-state index is 14.6. The van der Waals surface area contributed by atoms with E-state index in [2.05, 4.69) is 51.3 Å². The van der Waals surface area contributed by atoms with E-state index in [9.17, 15) is 4.79 Å². The second kappa shape index (κ2) is 14.1. The average molecular weight is 634 g/mol. The summed E-state index contributed by atoms with van der Waals surface area (Å²) in [6, 6.07) is 37.3. The summed E-state index contributed by atoms with van der Waals surface area (Å²) in [5.74, 6) is 0.253. The SMILES string of the molecule is CSC(=C(C(=O)c1cc(Cl)cc(OC(c2ccccc2)(c2ccccc2)c2ccccc2)c1)c1ccncn1)N1CCOCC1. The van der Waals surface area contributed by atoms with E-state index in [1.165, 1.54) is 18.1 Å². The second-order valence-electron chi connectivity index (χ2n) is 10.5. The van der Waals surface area contributed by atoms with Crippen molar-refractivity contribution in [3.8, 4) is 5.75 Å². The maximum atomic E-state index is 14.6. The Morgan fingerprint density at radius 2 is 1.42 bits per heavy atom. The van der Waals surface area contributed by atoms with Gasteiger partial charge in [0.05, 0.1) is 29.5 Å². The Bertz CT molecular complexity index is 1670. The van der Waals surface area contributed by atoms with Gasteiger partial charge in [0.1, 0.15) is 12.1 Å². The van der Waals surface area contributed by atoms with Crippen LogP contribution in [0.15, 0.2) is 133 Å². The van der Waals surface area contributed by atoms with E-state index in [4.69, 9.17) is 21.1 Å². The van der Waals surface area contributed by atoms with Gasteiger partial charge in [0, 0.05) is 46.6 Å². The van der Waals surface area contributed by atoms with Crippen molar-refractivity contribution in [2.24, 2.45) is 0 Å². The van der Waals surface area contributed by atoms with Crippen molar-refractivity contribution in [1.82, 2.24) is 14.9 Å². The predicted molar refractivity (Wildman–Crippen MR) is 180 cm³/mol. The minimum Gasteiger partial charge on any atom is -0.473 e. The minimum atomic E-state index is -1.03. The van der Waals surface area contributed by atoms with Gasteiger partial charge in [-0.05, 0) is 30.5 Å². The Morgan fingerprint density at radius 3 is 1.93 bits per heavy atom. The monoisotopic (exact) mass is 633 g/mol. The molecule has 1 fully saturated rings. The van der Waals surface area contributed by atoms with Gasteiger partial charge in [-0.1, -0.05) is 103 Å². The molecule has 0 amide bonds. The fraction of sp³-hybridized carbons (Fsp3) is 0.162. The molecule has 0 spiro atoms. The Hall–Kier alpha value is -4.43. The molecule has 0 atom stereocenters. The van der Waals surface area contributed by atoms with Crippen LogP contribution < -0.4 is 4.74 Å². The maximum Gasteiger partial charge on any atom is 0.198 e. The van der Waals surface area contributed by atoms with E-state index >= 15 is 0 Å². The standard InChI is InChI=1S/C37H32ClN3O3S/c1-45-36(41-19-21-43-22-20-41)34(33-17-18-39-26-40-33)35(42)27-23-31(38)25-32(24-27)44-37(28-11-5-2-6-12-28,29-13-7-3-8-14-29)30-15-9-4-10-16-30/h2-18,23-26H,19-22H2,1H3. The molecule has 0 saturated carbocycles. The second-order valence-corrected chi connectivity index (χ2v) is 11.7. The first-order valence-electron chi connectivity index (χ1n) is 14.7. The van der Waals surface area contributed by atoms with Crippen molar-refractivity contribution in [3.63, 3.8) is 0 Å². The van der Waals surface area contributed by atoms with Gasteiger partial charge >= 0.3 is 0 Å². The average Bonchev–Trinajstić information content (AvgIpc) is 3.11. The van der Waals surface area contributed by atoms with E-state index in [0.717, 1.165) is 21.7 Å². The van der Waals surface area contributed by atoms with E-state index in [1.807, 2.05) is 60.9 Å². The highest BCUT2D eigenvalue weighted by molar-refractivity contribution is 8.02. The lowest BCUT2D eigenvalue weighted by Crippen LogP contribution is -2.36. The summed E-state index contributed by atoms with van der Waals surface area (Å²) in [4.78, 5) is 25.3. The lowest BCUT2D eigenvalue weighted by molar-refractivity contribution is 0.0577. The zero-order chi connectivity index (χ0) is 31.1. The van der Waals surface area contributed by atoms with Crippen LogP contribution >= 0.6 is 23.4 Å². The van der Waals surface area contributed by atoms with Crippen molar-refractivity contribution >= 4 is 34.7 Å². The van der Waals surface area contributed by atoms with Gasteiger partial charge < -0.3 is 14.4 Å². The normalized spacial score (nSPS) is 14.0. The number of halogens is 1. The molecule has 0 unspecified atom stereocenters. The summed E-state index contributed by atoms with van der Waals surface area (Å²) >= 11 is 8.28. The van der Waals surface area contributed by atoms with Crippen molar-refractivity contribution in [1.29, 1.82) is 0 Å². The van der Waals surface area contributed by atoms with Gasteiger partial charge in [-0.25, -0.2) is 9.97 Å². The highest BCUT2D eigenvalue weighted by atomic mass is 35.5. The largest absolute Gasteiger partial charge is 0.473 e. The summed E-state index contributed by atoms with van der Waals surface area (Å²) in [5, 5.41) is 1.22. The number of morpholine rings is 1. The van der Waals surface area contributed by atoms with Gasteiger partial charge in [-0.2, -0.15) is 0 Å². The molecule has 1 saturated heterocycles. The Labute approximate surface area is 272 Å². The summed E-state index contributed by atoms with van der Waals surface area (Å²) in [5.41, 5.74) is 3.21. The Morgan fingerprint density at radius 1 is 0.844 bits per heavy atom. The smallest absolute Gasteiger partial charge is 0.198 e. The lowest BCUT2D eigenvalue weighted by atomic mass is 9.80.